The van der Waals surface area contributed by atoms with Gasteiger partial charge in [-0.2, -0.15) is 0 Å². The van der Waals surface area contributed by atoms with E-state index in [1.807, 2.05) is 61.5 Å². The monoisotopic (exact) mass is 490 g/mol. The lowest BCUT2D eigenvalue weighted by Gasteiger charge is -2.27. The number of carbonyl (C=O) groups excluding carboxylic acids is 2. The molecule has 0 unspecified atom stereocenters. The van der Waals surface area contributed by atoms with Crippen molar-refractivity contribution in [1.82, 2.24) is 9.80 Å². The quantitative estimate of drug-likeness (QED) is 0.376. The second-order valence-electron chi connectivity index (χ2n) is 8.54. The number of rotatable bonds is 11. The van der Waals surface area contributed by atoms with Crippen LogP contribution in [0, 0.1) is 6.92 Å². The Labute approximate surface area is 210 Å². The first-order chi connectivity index (χ1) is 17.4. The second-order valence-corrected chi connectivity index (χ2v) is 8.54. The molecule has 4 rings (SSSR count). The maximum atomic E-state index is 13.5. The zero-order valence-corrected chi connectivity index (χ0v) is 20.6. The highest BCUT2D eigenvalue weighted by molar-refractivity contribution is 5.86. The number of nitrogens with zero attached hydrogens (tertiary/aromatic N) is 2. The van der Waals surface area contributed by atoms with E-state index in [0.29, 0.717) is 23.8 Å². The summed E-state index contributed by atoms with van der Waals surface area (Å²) in [5.74, 6) is 3.12. The van der Waals surface area contributed by atoms with Gasteiger partial charge in [-0.1, -0.05) is 24.3 Å². The standard InChI is InChI=1S/C28H30N2O6/c1-4-13-29(27(31)15-21-6-10-23(33-3)11-7-21)18-28(32)30(17-24-9-5-20(2)36-24)16-22-8-12-25-26(14-22)35-19-34-25/h4-12,14H,1,13,15-19H2,2-3H3. The van der Waals surface area contributed by atoms with E-state index in [9.17, 15) is 9.59 Å². The topological polar surface area (TPSA) is 81.5 Å². The summed E-state index contributed by atoms with van der Waals surface area (Å²) in [6, 6.07) is 16.6. The normalized spacial score (nSPS) is 11.7. The van der Waals surface area contributed by atoms with Crippen molar-refractivity contribution in [3.8, 4) is 17.2 Å². The van der Waals surface area contributed by atoms with E-state index < -0.39 is 0 Å². The van der Waals surface area contributed by atoms with Crippen LogP contribution in [-0.4, -0.2) is 48.6 Å². The van der Waals surface area contributed by atoms with Gasteiger partial charge in [-0.05, 0) is 54.4 Å². The van der Waals surface area contributed by atoms with Crippen LogP contribution in [0.15, 0.2) is 71.7 Å². The van der Waals surface area contributed by atoms with Crippen LogP contribution in [-0.2, 0) is 29.1 Å². The third kappa shape index (κ3) is 6.27. The van der Waals surface area contributed by atoms with Crippen molar-refractivity contribution in [2.24, 2.45) is 0 Å². The molecule has 0 radical (unpaired) electrons. The van der Waals surface area contributed by atoms with Crippen molar-refractivity contribution < 1.29 is 28.2 Å². The summed E-state index contributed by atoms with van der Waals surface area (Å²) in [6.07, 6.45) is 1.79. The predicted molar refractivity (Wildman–Crippen MR) is 134 cm³/mol. The van der Waals surface area contributed by atoms with Gasteiger partial charge in [-0.15, -0.1) is 6.58 Å². The number of furan rings is 1. The van der Waals surface area contributed by atoms with Gasteiger partial charge in [-0.3, -0.25) is 9.59 Å². The molecule has 0 aliphatic carbocycles. The Kier molecular flexibility index (Phi) is 7.95. The van der Waals surface area contributed by atoms with E-state index in [-0.39, 0.29) is 44.7 Å². The summed E-state index contributed by atoms with van der Waals surface area (Å²) >= 11 is 0. The lowest BCUT2D eigenvalue weighted by molar-refractivity contribution is -0.140. The molecule has 0 N–H and O–H groups in total. The van der Waals surface area contributed by atoms with E-state index in [2.05, 4.69) is 6.58 Å². The Morgan fingerprint density at radius 3 is 2.39 bits per heavy atom. The van der Waals surface area contributed by atoms with Gasteiger partial charge in [0.25, 0.3) is 0 Å². The van der Waals surface area contributed by atoms with Crippen LogP contribution < -0.4 is 14.2 Å². The van der Waals surface area contributed by atoms with Crippen LogP contribution in [0.1, 0.15) is 22.6 Å². The molecule has 0 atom stereocenters. The van der Waals surface area contributed by atoms with Crippen LogP contribution in [0.5, 0.6) is 17.2 Å². The van der Waals surface area contributed by atoms with Crippen LogP contribution in [0.25, 0.3) is 0 Å². The van der Waals surface area contributed by atoms with Gasteiger partial charge in [0.2, 0.25) is 18.6 Å². The Balaban J connectivity index is 1.49. The number of methoxy groups -OCH3 is 1. The van der Waals surface area contributed by atoms with Gasteiger partial charge in [0.05, 0.1) is 20.1 Å². The van der Waals surface area contributed by atoms with Crippen LogP contribution in [0.3, 0.4) is 0 Å². The third-order valence-electron chi connectivity index (χ3n) is 5.85. The maximum Gasteiger partial charge on any atom is 0.242 e. The van der Waals surface area contributed by atoms with Gasteiger partial charge in [0, 0.05) is 13.1 Å². The van der Waals surface area contributed by atoms with E-state index in [1.165, 1.54) is 4.90 Å². The molecule has 2 aromatic carbocycles. The molecule has 0 spiro atoms. The highest BCUT2D eigenvalue weighted by atomic mass is 16.7. The zero-order chi connectivity index (χ0) is 25.5. The van der Waals surface area contributed by atoms with Crippen molar-refractivity contribution in [1.29, 1.82) is 0 Å². The van der Waals surface area contributed by atoms with Crippen LogP contribution in [0.4, 0.5) is 0 Å². The summed E-state index contributed by atoms with van der Waals surface area (Å²) in [5, 5.41) is 0. The molecule has 0 fully saturated rings. The second kappa shape index (κ2) is 11.5. The van der Waals surface area contributed by atoms with E-state index in [4.69, 9.17) is 18.6 Å². The van der Waals surface area contributed by atoms with Crippen molar-refractivity contribution >= 4 is 11.8 Å². The fraction of sp³-hybridized carbons (Fsp3) is 0.286. The van der Waals surface area contributed by atoms with E-state index in [1.54, 1.807) is 18.1 Å². The summed E-state index contributed by atoms with van der Waals surface area (Å²) in [5.41, 5.74) is 1.72. The number of ether oxygens (including phenoxy) is 3. The minimum atomic E-state index is -0.202. The first kappa shape index (κ1) is 24.9. The Hall–Kier alpha value is -4.20. The average molecular weight is 491 g/mol. The number of amides is 2. The first-order valence-electron chi connectivity index (χ1n) is 11.7. The van der Waals surface area contributed by atoms with Gasteiger partial charge >= 0.3 is 0 Å². The lowest BCUT2D eigenvalue weighted by Crippen LogP contribution is -2.43. The number of aryl methyl sites for hydroxylation is 1. The average Bonchev–Trinajstić information content (AvgIpc) is 3.51. The van der Waals surface area contributed by atoms with E-state index >= 15 is 0 Å². The Morgan fingerprint density at radius 1 is 0.944 bits per heavy atom. The SMILES string of the molecule is C=CCN(CC(=O)N(Cc1ccc2c(c1)OCO2)Cc1ccc(C)o1)C(=O)Cc1ccc(OC)cc1. The zero-order valence-electron chi connectivity index (χ0n) is 20.6. The number of fused-ring (bicyclic) bond motifs is 1. The summed E-state index contributed by atoms with van der Waals surface area (Å²) in [6.45, 7) is 6.58. The highest BCUT2D eigenvalue weighted by Crippen LogP contribution is 2.33. The molecule has 188 valence electrons. The molecule has 8 heteroatoms. The fourth-order valence-corrected chi connectivity index (χ4v) is 3.95. The van der Waals surface area contributed by atoms with Crippen molar-refractivity contribution in [3.63, 3.8) is 0 Å². The molecule has 1 aromatic heterocycles. The summed E-state index contributed by atoms with van der Waals surface area (Å²) < 4.78 is 21.8. The Morgan fingerprint density at radius 2 is 1.69 bits per heavy atom. The van der Waals surface area contributed by atoms with Crippen LogP contribution in [0.2, 0.25) is 0 Å². The summed E-state index contributed by atoms with van der Waals surface area (Å²) in [7, 11) is 1.59. The van der Waals surface area contributed by atoms with Gasteiger partial charge < -0.3 is 28.4 Å². The molecule has 0 bridgehead atoms. The van der Waals surface area contributed by atoms with Gasteiger partial charge in [0.1, 0.15) is 23.8 Å². The number of hydrogen-bond acceptors (Lipinski definition) is 6. The first-order valence-corrected chi connectivity index (χ1v) is 11.7. The lowest BCUT2D eigenvalue weighted by atomic mass is 10.1. The van der Waals surface area contributed by atoms with Crippen LogP contribution >= 0.6 is 0 Å². The van der Waals surface area contributed by atoms with Crippen molar-refractivity contribution in [2.75, 3.05) is 27.0 Å². The molecule has 0 saturated carbocycles. The molecule has 1 aliphatic heterocycles. The molecule has 3 aromatic rings. The molecule has 2 amide bonds. The number of hydrogen-bond donors (Lipinski definition) is 0. The fourth-order valence-electron chi connectivity index (χ4n) is 3.95. The van der Waals surface area contributed by atoms with Gasteiger partial charge in [0.15, 0.2) is 11.5 Å². The molecular weight excluding hydrogens is 460 g/mol. The highest BCUT2D eigenvalue weighted by Gasteiger charge is 2.23. The van der Waals surface area contributed by atoms with Crippen molar-refractivity contribution in [3.05, 3.63) is 89.9 Å². The minimum absolute atomic E-state index is 0.0781. The largest absolute Gasteiger partial charge is 0.497 e. The minimum Gasteiger partial charge on any atom is -0.497 e. The van der Waals surface area contributed by atoms with Gasteiger partial charge in [-0.25, -0.2) is 0 Å². The van der Waals surface area contributed by atoms with Crippen molar-refractivity contribution in [2.45, 2.75) is 26.4 Å². The Bertz CT molecular complexity index is 1220. The summed E-state index contributed by atoms with van der Waals surface area (Å²) in [4.78, 5) is 29.8. The third-order valence-corrected chi connectivity index (χ3v) is 5.85. The molecular formula is C28H30N2O6. The smallest absolute Gasteiger partial charge is 0.242 e. The number of benzene rings is 2. The molecule has 2 heterocycles. The molecule has 36 heavy (non-hydrogen) atoms. The molecule has 0 saturated heterocycles. The number of carbonyl (C=O) groups is 2. The van der Waals surface area contributed by atoms with E-state index in [0.717, 1.165) is 22.6 Å². The molecule has 8 nitrogen and oxygen atoms in total. The predicted octanol–water partition coefficient (Wildman–Crippen LogP) is 4.11. The maximum absolute atomic E-state index is 13.5. The molecule has 1 aliphatic rings.